The highest BCUT2D eigenvalue weighted by molar-refractivity contribution is 5.74. The average Bonchev–Trinajstić information content (AvgIpc) is 2.65. The quantitative estimate of drug-likeness (QED) is 0.641. The number of ether oxygens (including phenoxy) is 2. The van der Waals surface area contributed by atoms with Crippen LogP contribution in [0.3, 0.4) is 0 Å². The van der Waals surface area contributed by atoms with Crippen molar-refractivity contribution in [2.75, 3.05) is 32.6 Å². The lowest BCUT2D eigenvalue weighted by Gasteiger charge is -2.18. The normalized spacial score (nSPS) is 11.3. The summed E-state index contributed by atoms with van der Waals surface area (Å²) in [5.41, 5.74) is 0.851. The minimum atomic E-state index is -0.250. The predicted octanol–water partition coefficient (Wildman–Crippen LogP) is 2.57. The Morgan fingerprint density at radius 2 is 2.00 bits per heavy atom. The number of benzene rings is 1. The minimum Gasteiger partial charge on any atom is -0.497 e. The summed E-state index contributed by atoms with van der Waals surface area (Å²) in [6, 6.07) is 10.6. The van der Waals surface area contributed by atoms with Gasteiger partial charge in [-0.3, -0.25) is 0 Å². The van der Waals surface area contributed by atoms with Crippen molar-refractivity contribution in [2.24, 2.45) is 0 Å². The first kappa shape index (κ1) is 18.4. The Morgan fingerprint density at radius 1 is 1.16 bits per heavy atom. The Hall–Kier alpha value is -2.96. The number of nitrogens with one attached hydrogen (secondary N) is 3. The largest absolute Gasteiger partial charge is 0.497 e. The standard InChI is InChI=1S/C18H24N4O3/c1-13(15-12-14(24-2)7-8-16(15)25-3)22-18(23)21-11-10-20-17-6-4-5-9-19-17/h4-9,12-13H,10-11H2,1-3H3,(H,19,20)(H2,21,22,23)/t13-/m0/s1. The molecule has 0 saturated heterocycles. The fourth-order valence-electron chi connectivity index (χ4n) is 2.34. The Kier molecular flexibility index (Phi) is 6.88. The maximum absolute atomic E-state index is 12.1. The summed E-state index contributed by atoms with van der Waals surface area (Å²) in [7, 11) is 3.20. The molecule has 7 nitrogen and oxygen atoms in total. The molecule has 1 aromatic heterocycles. The van der Waals surface area contributed by atoms with E-state index >= 15 is 0 Å². The van der Waals surface area contributed by atoms with Gasteiger partial charge in [0, 0.05) is 24.8 Å². The van der Waals surface area contributed by atoms with Gasteiger partial charge in [-0.2, -0.15) is 0 Å². The third-order valence-corrected chi connectivity index (χ3v) is 3.63. The van der Waals surface area contributed by atoms with E-state index in [0.29, 0.717) is 24.6 Å². The molecule has 134 valence electrons. The molecule has 0 saturated carbocycles. The molecule has 0 aliphatic rings. The molecule has 25 heavy (non-hydrogen) atoms. The SMILES string of the molecule is COc1ccc(OC)c([C@H](C)NC(=O)NCCNc2ccccn2)c1. The first-order valence-corrected chi connectivity index (χ1v) is 8.05. The molecule has 0 spiro atoms. The van der Waals surface area contributed by atoms with Crippen LogP contribution in [0.4, 0.5) is 10.6 Å². The smallest absolute Gasteiger partial charge is 0.315 e. The lowest BCUT2D eigenvalue weighted by Crippen LogP contribution is -2.39. The summed E-state index contributed by atoms with van der Waals surface area (Å²) in [6.07, 6.45) is 1.71. The van der Waals surface area contributed by atoms with Crippen LogP contribution in [0.15, 0.2) is 42.6 Å². The van der Waals surface area contributed by atoms with E-state index < -0.39 is 0 Å². The highest BCUT2D eigenvalue weighted by Crippen LogP contribution is 2.29. The molecule has 2 rings (SSSR count). The van der Waals surface area contributed by atoms with E-state index in [-0.39, 0.29) is 12.1 Å². The highest BCUT2D eigenvalue weighted by Gasteiger charge is 2.15. The Morgan fingerprint density at radius 3 is 2.68 bits per heavy atom. The van der Waals surface area contributed by atoms with Crippen molar-refractivity contribution in [1.82, 2.24) is 15.6 Å². The number of urea groups is 1. The Balaban J connectivity index is 1.81. The monoisotopic (exact) mass is 344 g/mol. The zero-order valence-corrected chi connectivity index (χ0v) is 14.7. The lowest BCUT2D eigenvalue weighted by atomic mass is 10.1. The molecule has 0 unspecified atom stereocenters. The predicted molar refractivity (Wildman–Crippen MR) is 97.2 cm³/mol. The molecule has 2 aromatic rings. The first-order valence-electron chi connectivity index (χ1n) is 8.05. The Labute approximate surface area is 147 Å². The molecule has 2 amide bonds. The second-order valence-electron chi connectivity index (χ2n) is 5.37. The van der Waals surface area contributed by atoms with Crippen molar-refractivity contribution in [1.29, 1.82) is 0 Å². The zero-order valence-electron chi connectivity index (χ0n) is 14.7. The number of amides is 2. The fourth-order valence-corrected chi connectivity index (χ4v) is 2.34. The van der Waals surface area contributed by atoms with Crippen LogP contribution in [0.25, 0.3) is 0 Å². The van der Waals surface area contributed by atoms with Gasteiger partial charge in [0.25, 0.3) is 0 Å². The molecule has 0 aliphatic heterocycles. The van der Waals surface area contributed by atoms with Crippen molar-refractivity contribution in [3.63, 3.8) is 0 Å². The van der Waals surface area contributed by atoms with E-state index in [9.17, 15) is 4.79 Å². The van der Waals surface area contributed by atoms with Crippen LogP contribution < -0.4 is 25.4 Å². The van der Waals surface area contributed by atoms with Crippen molar-refractivity contribution in [3.8, 4) is 11.5 Å². The minimum absolute atomic E-state index is 0.228. The van der Waals surface area contributed by atoms with Crippen molar-refractivity contribution >= 4 is 11.8 Å². The molecule has 7 heteroatoms. The van der Waals surface area contributed by atoms with E-state index in [1.165, 1.54) is 0 Å². The van der Waals surface area contributed by atoms with Gasteiger partial charge in [-0.15, -0.1) is 0 Å². The van der Waals surface area contributed by atoms with Gasteiger partial charge in [-0.1, -0.05) is 6.07 Å². The van der Waals surface area contributed by atoms with E-state index in [1.54, 1.807) is 20.4 Å². The molecule has 1 aromatic carbocycles. The van der Waals surface area contributed by atoms with Gasteiger partial charge in [-0.05, 0) is 37.3 Å². The number of rotatable bonds is 8. The molecule has 1 atom stereocenters. The molecule has 0 bridgehead atoms. The first-order chi connectivity index (χ1) is 12.1. The van der Waals surface area contributed by atoms with Crippen molar-refractivity contribution < 1.29 is 14.3 Å². The van der Waals surface area contributed by atoms with Gasteiger partial charge >= 0.3 is 6.03 Å². The lowest BCUT2D eigenvalue weighted by molar-refractivity contribution is 0.238. The number of hydrogen-bond acceptors (Lipinski definition) is 5. The summed E-state index contributed by atoms with van der Waals surface area (Å²) in [5.74, 6) is 2.19. The number of anilines is 1. The third-order valence-electron chi connectivity index (χ3n) is 3.63. The van der Waals surface area contributed by atoms with E-state index in [0.717, 1.165) is 11.4 Å². The molecule has 0 aliphatic carbocycles. The molecule has 0 radical (unpaired) electrons. The fraction of sp³-hybridized carbons (Fsp3) is 0.333. The molecule has 1 heterocycles. The van der Waals surface area contributed by atoms with E-state index in [2.05, 4.69) is 20.9 Å². The van der Waals surface area contributed by atoms with Crippen LogP contribution >= 0.6 is 0 Å². The van der Waals surface area contributed by atoms with Crippen LogP contribution in [0, 0.1) is 0 Å². The van der Waals surface area contributed by atoms with Gasteiger partial charge in [-0.25, -0.2) is 9.78 Å². The number of nitrogens with zero attached hydrogens (tertiary/aromatic N) is 1. The van der Waals surface area contributed by atoms with E-state index in [1.807, 2.05) is 43.3 Å². The van der Waals surface area contributed by atoms with E-state index in [4.69, 9.17) is 9.47 Å². The zero-order chi connectivity index (χ0) is 18.1. The second kappa shape index (κ2) is 9.36. The van der Waals surface area contributed by atoms with Crippen molar-refractivity contribution in [3.05, 3.63) is 48.2 Å². The van der Waals surface area contributed by atoms with Crippen LogP contribution in [0.1, 0.15) is 18.5 Å². The summed E-state index contributed by atoms with van der Waals surface area (Å²) in [4.78, 5) is 16.2. The summed E-state index contributed by atoms with van der Waals surface area (Å²) < 4.78 is 10.6. The number of carbonyl (C=O) groups excluding carboxylic acids is 1. The summed E-state index contributed by atoms with van der Waals surface area (Å²) >= 11 is 0. The van der Waals surface area contributed by atoms with Crippen LogP contribution in [-0.4, -0.2) is 38.3 Å². The number of methoxy groups -OCH3 is 2. The average molecular weight is 344 g/mol. The highest BCUT2D eigenvalue weighted by atomic mass is 16.5. The second-order valence-corrected chi connectivity index (χ2v) is 5.37. The molecule has 3 N–H and O–H groups in total. The van der Waals surface area contributed by atoms with Gasteiger partial charge in [0.15, 0.2) is 0 Å². The number of hydrogen-bond donors (Lipinski definition) is 3. The number of aromatic nitrogens is 1. The molecular weight excluding hydrogens is 320 g/mol. The summed E-state index contributed by atoms with van der Waals surface area (Å²) in [5, 5.41) is 8.83. The van der Waals surface area contributed by atoms with Crippen LogP contribution in [0.2, 0.25) is 0 Å². The maximum Gasteiger partial charge on any atom is 0.315 e. The molecular formula is C18H24N4O3. The molecule has 0 fully saturated rings. The van der Waals surface area contributed by atoms with Gasteiger partial charge in [0.1, 0.15) is 17.3 Å². The number of carbonyl (C=O) groups is 1. The van der Waals surface area contributed by atoms with Crippen LogP contribution in [-0.2, 0) is 0 Å². The maximum atomic E-state index is 12.1. The Bertz CT molecular complexity index is 679. The number of pyridine rings is 1. The van der Waals surface area contributed by atoms with Crippen LogP contribution in [0.5, 0.6) is 11.5 Å². The summed E-state index contributed by atoms with van der Waals surface area (Å²) in [6.45, 7) is 2.95. The third kappa shape index (κ3) is 5.56. The van der Waals surface area contributed by atoms with Gasteiger partial charge < -0.3 is 25.4 Å². The van der Waals surface area contributed by atoms with Gasteiger partial charge in [0.05, 0.1) is 20.3 Å². The van der Waals surface area contributed by atoms with Gasteiger partial charge in [0.2, 0.25) is 0 Å². The van der Waals surface area contributed by atoms with Crippen molar-refractivity contribution in [2.45, 2.75) is 13.0 Å². The topological polar surface area (TPSA) is 84.5 Å².